The zero-order chi connectivity index (χ0) is 14.7. The lowest BCUT2D eigenvalue weighted by Crippen LogP contribution is -2.51. The lowest BCUT2D eigenvalue weighted by molar-refractivity contribution is -0.0805. The van der Waals surface area contributed by atoms with Crippen molar-refractivity contribution >= 4 is 0 Å². The van der Waals surface area contributed by atoms with Gasteiger partial charge in [-0.05, 0) is 92.8 Å². The van der Waals surface area contributed by atoms with Gasteiger partial charge in [0.25, 0.3) is 0 Å². The highest BCUT2D eigenvalue weighted by Crippen LogP contribution is 2.66. The largest absolute Gasteiger partial charge is 0.0882 e. The molecule has 0 aromatic rings. The zero-order valence-electron chi connectivity index (χ0n) is 14.2. The average Bonchev–Trinajstić information content (AvgIpc) is 2.83. The van der Waals surface area contributed by atoms with Gasteiger partial charge in [0.2, 0.25) is 0 Å². The van der Waals surface area contributed by atoms with Gasteiger partial charge in [0.1, 0.15) is 0 Å². The van der Waals surface area contributed by atoms with Crippen molar-refractivity contribution in [3.05, 3.63) is 23.8 Å². The molecule has 0 aromatic heterocycles. The fourth-order valence-corrected chi connectivity index (χ4v) is 7.16. The number of hydrogen-bond donors (Lipinski definition) is 0. The van der Waals surface area contributed by atoms with Gasteiger partial charge in [-0.2, -0.15) is 0 Å². The molecule has 0 spiro atoms. The Balaban J connectivity index is 1.67. The molecule has 0 saturated heterocycles. The summed E-state index contributed by atoms with van der Waals surface area (Å²) in [4.78, 5) is 0. The Morgan fingerprint density at radius 2 is 1.90 bits per heavy atom. The van der Waals surface area contributed by atoms with Gasteiger partial charge in [0, 0.05) is 0 Å². The summed E-state index contributed by atoms with van der Waals surface area (Å²) >= 11 is 0. The van der Waals surface area contributed by atoms with Crippen LogP contribution in [0.3, 0.4) is 0 Å². The minimum atomic E-state index is 0.559. The van der Waals surface area contributed by atoms with E-state index in [9.17, 15) is 0 Å². The van der Waals surface area contributed by atoms with Crippen molar-refractivity contribution in [2.24, 2.45) is 34.5 Å². The van der Waals surface area contributed by atoms with Crippen LogP contribution in [-0.2, 0) is 0 Å². The SMILES string of the molecule is CC=C1CC[C@H]2[C@@H]3CCC4CC=CC[C@]4(C)[C@H]3CC[C@]12C. The second kappa shape index (κ2) is 4.74. The fourth-order valence-electron chi connectivity index (χ4n) is 7.16. The van der Waals surface area contributed by atoms with Crippen molar-refractivity contribution in [3.63, 3.8) is 0 Å². The number of allylic oxidation sites excluding steroid dienone is 4. The highest BCUT2D eigenvalue weighted by molar-refractivity contribution is 5.24. The molecule has 0 nitrogen and oxygen atoms in total. The van der Waals surface area contributed by atoms with Gasteiger partial charge in [0.05, 0.1) is 0 Å². The van der Waals surface area contributed by atoms with Gasteiger partial charge in [-0.3, -0.25) is 0 Å². The second-order valence-corrected chi connectivity index (χ2v) is 8.88. The van der Waals surface area contributed by atoms with E-state index in [1.54, 1.807) is 5.57 Å². The van der Waals surface area contributed by atoms with Gasteiger partial charge in [0.15, 0.2) is 0 Å². The van der Waals surface area contributed by atoms with Crippen LogP contribution in [0.15, 0.2) is 23.8 Å². The third kappa shape index (κ3) is 1.80. The monoisotopic (exact) mass is 284 g/mol. The molecule has 3 fully saturated rings. The molecule has 3 saturated carbocycles. The molecule has 4 aliphatic carbocycles. The van der Waals surface area contributed by atoms with Crippen molar-refractivity contribution in [1.82, 2.24) is 0 Å². The summed E-state index contributed by atoms with van der Waals surface area (Å²) in [5.41, 5.74) is 2.98. The average molecular weight is 284 g/mol. The normalized spacial score (nSPS) is 54.1. The Bertz CT molecular complexity index is 484. The molecule has 0 aliphatic heterocycles. The summed E-state index contributed by atoms with van der Waals surface area (Å²) in [6.07, 6.45) is 19.0. The Kier molecular flexibility index (Phi) is 3.18. The minimum Gasteiger partial charge on any atom is -0.0882 e. The predicted octanol–water partition coefficient (Wildman–Crippen LogP) is 6.14. The molecule has 0 heterocycles. The summed E-state index contributed by atoms with van der Waals surface area (Å²) in [5.74, 6) is 4.01. The van der Waals surface area contributed by atoms with E-state index in [0.29, 0.717) is 10.8 Å². The van der Waals surface area contributed by atoms with Crippen molar-refractivity contribution in [3.8, 4) is 0 Å². The second-order valence-electron chi connectivity index (χ2n) is 8.88. The molecule has 4 aliphatic rings. The molecule has 0 N–H and O–H groups in total. The van der Waals surface area contributed by atoms with E-state index >= 15 is 0 Å². The molecule has 6 atom stereocenters. The third-order valence-electron chi connectivity index (χ3n) is 8.41. The lowest BCUT2D eigenvalue weighted by atomic mass is 9.46. The van der Waals surface area contributed by atoms with Crippen LogP contribution in [0.25, 0.3) is 0 Å². The first-order chi connectivity index (χ1) is 10.1. The summed E-state index contributed by atoms with van der Waals surface area (Å²) in [5, 5.41) is 0. The molecule has 4 rings (SSSR count). The van der Waals surface area contributed by atoms with Crippen LogP contribution in [0.2, 0.25) is 0 Å². The topological polar surface area (TPSA) is 0 Å². The van der Waals surface area contributed by atoms with Gasteiger partial charge in [-0.15, -0.1) is 0 Å². The fraction of sp³-hybridized carbons (Fsp3) is 0.810. The van der Waals surface area contributed by atoms with Crippen LogP contribution in [0.1, 0.15) is 72.1 Å². The highest BCUT2D eigenvalue weighted by atomic mass is 14.6. The number of fused-ring (bicyclic) bond motifs is 5. The van der Waals surface area contributed by atoms with Crippen molar-refractivity contribution < 1.29 is 0 Å². The Labute approximate surface area is 131 Å². The Hall–Kier alpha value is -0.520. The molecule has 0 aromatic carbocycles. The zero-order valence-corrected chi connectivity index (χ0v) is 14.2. The smallest absolute Gasteiger partial charge is 0.00853 e. The summed E-state index contributed by atoms with van der Waals surface area (Å²) < 4.78 is 0. The van der Waals surface area contributed by atoms with Gasteiger partial charge in [-0.1, -0.05) is 37.6 Å². The van der Waals surface area contributed by atoms with E-state index in [1.165, 1.54) is 51.4 Å². The third-order valence-corrected chi connectivity index (χ3v) is 8.41. The first-order valence-corrected chi connectivity index (χ1v) is 9.40. The number of rotatable bonds is 0. The van der Waals surface area contributed by atoms with E-state index < -0.39 is 0 Å². The van der Waals surface area contributed by atoms with Crippen molar-refractivity contribution in [1.29, 1.82) is 0 Å². The van der Waals surface area contributed by atoms with Crippen LogP contribution >= 0.6 is 0 Å². The van der Waals surface area contributed by atoms with Crippen LogP contribution < -0.4 is 0 Å². The van der Waals surface area contributed by atoms with E-state index in [2.05, 4.69) is 39.0 Å². The number of hydrogen-bond acceptors (Lipinski definition) is 0. The maximum atomic E-state index is 2.65. The minimum absolute atomic E-state index is 0.559. The maximum Gasteiger partial charge on any atom is -0.00853 e. The molecule has 1 unspecified atom stereocenters. The molecule has 0 heteroatoms. The highest BCUT2D eigenvalue weighted by Gasteiger charge is 2.57. The lowest BCUT2D eigenvalue weighted by Gasteiger charge is -2.59. The summed E-state index contributed by atoms with van der Waals surface area (Å²) in [7, 11) is 0. The molecule has 116 valence electrons. The summed E-state index contributed by atoms with van der Waals surface area (Å²) in [6, 6.07) is 0. The molecule has 0 radical (unpaired) electrons. The molecule has 21 heavy (non-hydrogen) atoms. The van der Waals surface area contributed by atoms with Gasteiger partial charge in [-0.25, -0.2) is 0 Å². The van der Waals surface area contributed by atoms with Crippen molar-refractivity contribution in [2.45, 2.75) is 72.1 Å². The van der Waals surface area contributed by atoms with Crippen molar-refractivity contribution in [2.75, 3.05) is 0 Å². The van der Waals surface area contributed by atoms with Crippen LogP contribution in [-0.4, -0.2) is 0 Å². The van der Waals surface area contributed by atoms with E-state index in [4.69, 9.17) is 0 Å². The van der Waals surface area contributed by atoms with Gasteiger partial charge >= 0.3 is 0 Å². The van der Waals surface area contributed by atoms with E-state index in [0.717, 1.165) is 23.7 Å². The standard InChI is InChI=1S/C21H32/c1-4-15-9-11-18-17-10-8-16-7-5-6-13-20(16,2)19(17)12-14-21(15,18)3/h4-6,16-19H,7-14H2,1-3H3/t16?,17-,18-,19-,20-,21+/m0/s1. The first-order valence-electron chi connectivity index (χ1n) is 9.40. The molecule has 0 amide bonds. The molecule has 0 bridgehead atoms. The van der Waals surface area contributed by atoms with Crippen LogP contribution in [0.5, 0.6) is 0 Å². The first kappa shape index (κ1) is 14.1. The van der Waals surface area contributed by atoms with E-state index in [-0.39, 0.29) is 0 Å². The van der Waals surface area contributed by atoms with Gasteiger partial charge < -0.3 is 0 Å². The Morgan fingerprint density at radius 3 is 2.71 bits per heavy atom. The van der Waals surface area contributed by atoms with Crippen LogP contribution in [0, 0.1) is 34.5 Å². The Morgan fingerprint density at radius 1 is 1.05 bits per heavy atom. The molecular formula is C21H32. The molecular weight excluding hydrogens is 252 g/mol. The quantitative estimate of drug-likeness (QED) is 0.469. The van der Waals surface area contributed by atoms with E-state index in [1.807, 2.05) is 0 Å². The maximum absolute atomic E-state index is 2.65. The van der Waals surface area contributed by atoms with Crippen LogP contribution in [0.4, 0.5) is 0 Å². The summed E-state index contributed by atoms with van der Waals surface area (Å²) in [6.45, 7) is 7.52. The predicted molar refractivity (Wildman–Crippen MR) is 90.0 cm³/mol.